The zero-order chi connectivity index (χ0) is 22.5. The van der Waals surface area contributed by atoms with Gasteiger partial charge in [-0.05, 0) is 30.9 Å². The largest absolute Gasteiger partial charge is 0.483 e. The van der Waals surface area contributed by atoms with Crippen molar-refractivity contribution in [3.05, 3.63) is 75.1 Å². The third-order valence-electron chi connectivity index (χ3n) is 5.91. The van der Waals surface area contributed by atoms with Crippen molar-refractivity contribution < 1.29 is 14.3 Å². The molecule has 2 N–H and O–H groups in total. The molecule has 9 nitrogen and oxygen atoms in total. The molecule has 2 aliphatic rings. The third kappa shape index (κ3) is 5.16. The summed E-state index contributed by atoms with van der Waals surface area (Å²) in [5, 5.41) is 3.06. The maximum Gasteiger partial charge on any atom is 0.328 e. The number of para-hydroxylation sites is 1. The molecule has 2 atom stereocenters. The lowest BCUT2D eigenvalue weighted by molar-refractivity contribution is -0.134. The summed E-state index contributed by atoms with van der Waals surface area (Å²) in [6.45, 7) is 0.761. The second kappa shape index (κ2) is 9.67. The lowest BCUT2D eigenvalue weighted by Gasteiger charge is -2.39. The molecular formula is C23H26N4O5. The van der Waals surface area contributed by atoms with Gasteiger partial charge in [-0.25, -0.2) is 4.79 Å². The Hall–Kier alpha value is -3.62. The number of aromatic amines is 1. The van der Waals surface area contributed by atoms with E-state index in [1.807, 2.05) is 24.3 Å². The van der Waals surface area contributed by atoms with E-state index in [-0.39, 0.29) is 36.9 Å². The van der Waals surface area contributed by atoms with Gasteiger partial charge in [0.1, 0.15) is 12.3 Å². The second-order valence-electron chi connectivity index (χ2n) is 8.11. The first kappa shape index (κ1) is 21.6. The molecule has 0 radical (unpaired) electrons. The first-order valence-electron chi connectivity index (χ1n) is 10.7. The maximum absolute atomic E-state index is 12.8. The summed E-state index contributed by atoms with van der Waals surface area (Å²) >= 11 is 0. The van der Waals surface area contributed by atoms with E-state index in [9.17, 15) is 19.2 Å². The highest BCUT2D eigenvalue weighted by Gasteiger charge is 2.32. The topological polar surface area (TPSA) is 114 Å². The van der Waals surface area contributed by atoms with E-state index in [1.165, 1.54) is 16.8 Å². The number of H-pyrrole nitrogens is 1. The van der Waals surface area contributed by atoms with Crippen LogP contribution < -0.4 is 21.3 Å². The highest BCUT2D eigenvalue weighted by Crippen LogP contribution is 2.24. The molecule has 32 heavy (non-hydrogen) atoms. The van der Waals surface area contributed by atoms with Crippen LogP contribution >= 0.6 is 0 Å². The molecule has 2 aliphatic heterocycles. The van der Waals surface area contributed by atoms with Crippen molar-refractivity contribution >= 4 is 11.8 Å². The van der Waals surface area contributed by atoms with E-state index in [1.54, 1.807) is 4.90 Å². The Bertz CT molecular complexity index is 1140. The van der Waals surface area contributed by atoms with Crippen molar-refractivity contribution in [3.8, 4) is 5.75 Å². The predicted molar refractivity (Wildman–Crippen MR) is 117 cm³/mol. The maximum atomic E-state index is 12.8. The molecule has 4 rings (SSSR count). The van der Waals surface area contributed by atoms with Gasteiger partial charge in [0, 0.05) is 37.3 Å². The number of fused-ring (bicyclic) bond motifs is 2. The van der Waals surface area contributed by atoms with Crippen LogP contribution in [0.5, 0.6) is 5.75 Å². The number of piperidine rings is 1. The van der Waals surface area contributed by atoms with Crippen LogP contribution in [0.15, 0.2) is 58.3 Å². The molecule has 9 heteroatoms. The number of carbonyl (C=O) groups excluding carboxylic acids is 2. The van der Waals surface area contributed by atoms with Crippen molar-refractivity contribution in [3.63, 3.8) is 0 Å². The average molecular weight is 438 g/mol. The van der Waals surface area contributed by atoms with Gasteiger partial charge in [-0.2, -0.15) is 0 Å². The Balaban J connectivity index is 1.46. The number of rotatable bonds is 2. The lowest BCUT2D eigenvalue weighted by atomic mass is 9.88. The third-order valence-corrected chi connectivity index (χ3v) is 5.91. The Morgan fingerprint density at radius 2 is 1.97 bits per heavy atom. The molecule has 0 bridgehead atoms. The molecule has 2 aromatic rings. The van der Waals surface area contributed by atoms with Crippen LogP contribution in [0.2, 0.25) is 0 Å². The molecule has 1 aromatic carbocycles. The van der Waals surface area contributed by atoms with Gasteiger partial charge in [-0.1, -0.05) is 30.4 Å². The number of nitrogens with one attached hydrogen (secondary N) is 2. The first-order valence-corrected chi connectivity index (χ1v) is 10.7. The minimum Gasteiger partial charge on any atom is -0.483 e. The summed E-state index contributed by atoms with van der Waals surface area (Å²) in [6.07, 6.45) is 7.53. The van der Waals surface area contributed by atoms with Crippen molar-refractivity contribution in [2.75, 3.05) is 19.7 Å². The quantitative estimate of drug-likeness (QED) is 0.661. The number of benzene rings is 1. The summed E-state index contributed by atoms with van der Waals surface area (Å²) in [4.78, 5) is 52.3. The molecule has 1 aromatic heterocycles. The number of hydrogen-bond acceptors (Lipinski definition) is 5. The number of ether oxygens (including phenoxy) is 1. The standard InChI is InChI=1S/C23H26N4O5/c28-20-10-12-27(23(31)25-20)14-22(30)26-11-9-18-17(13-26)7-2-1-5-16-6-3-4-8-19(16)32-15-21(29)24-18/h1-4,6,8,10,12,17-18H,5,7,9,11,13-15H2,(H,24,29)(H,25,28,31)/b2-1+/t17-,18+/m0/s1. The molecule has 2 amide bonds. The normalized spacial score (nSPS) is 22.2. The minimum atomic E-state index is -0.609. The molecular weight excluding hydrogens is 412 g/mol. The minimum absolute atomic E-state index is 0.0508. The van der Waals surface area contributed by atoms with E-state index in [2.05, 4.69) is 22.5 Å². The van der Waals surface area contributed by atoms with E-state index in [0.717, 1.165) is 12.0 Å². The van der Waals surface area contributed by atoms with Gasteiger partial charge >= 0.3 is 5.69 Å². The van der Waals surface area contributed by atoms with Crippen LogP contribution in [-0.2, 0) is 22.6 Å². The summed E-state index contributed by atoms with van der Waals surface area (Å²) in [6, 6.07) is 8.82. The molecule has 0 saturated carbocycles. The van der Waals surface area contributed by atoms with E-state index < -0.39 is 11.2 Å². The number of carbonyl (C=O) groups is 2. The van der Waals surface area contributed by atoms with Gasteiger partial charge in [-0.3, -0.25) is 23.9 Å². The van der Waals surface area contributed by atoms with Crippen LogP contribution in [0.25, 0.3) is 0 Å². The average Bonchev–Trinajstić information content (AvgIpc) is 2.77. The van der Waals surface area contributed by atoms with Crippen molar-refractivity contribution in [1.29, 1.82) is 0 Å². The fourth-order valence-electron chi connectivity index (χ4n) is 4.19. The molecule has 1 fully saturated rings. The Labute approximate surface area is 184 Å². The van der Waals surface area contributed by atoms with Crippen molar-refractivity contribution in [2.45, 2.75) is 31.8 Å². The van der Waals surface area contributed by atoms with Gasteiger partial charge in [0.25, 0.3) is 11.5 Å². The number of hydrogen-bond donors (Lipinski definition) is 2. The summed E-state index contributed by atoms with van der Waals surface area (Å²) < 4.78 is 6.92. The lowest BCUT2D eigenvalue weighted by Crippen LogP contribution is -2.53. The Morgan fingerprint density at radius 1 is 1.12 bits per heavy atom. The van der Waals surface area contributed by atoms with Crippen LogP contribution in [-0.4, -0.2) is 52.0 Å². The smallest absolute Gasteiger partial charge is 0.328 e. The highest BCUT2D eigenvalue weighted by molar-refractivity contribution is 5.78. The number of allylic oxidation sites excluding steroid dienone is 2. The second-order valence-corrected chi connectivity index (χ2v) is 8.11. The molecule has 0 unspecified atom stereocenters. The number of likely N-dealkylation sites (tertiary alicyclic amines) is 1. The molecule has 0 spiro atoms. The molecule has 3 heterocycles. The molecule has 168 valence electrons. The monoisotopic (exact) mass is 438 g/mol. The fourth-order valence-corrected chi connectivity index (χ4v) is 4.19. The fraction of sp³-hybridized carbons (Fsp3) is 0.391. The first-order chi connectivity index (χ1) is 15.5. The van der Waals surface area contributed by atoms with E-state index >= 15 is 0 Å². The van der Waals surface area contributed by atoms with Gasteiger partial charge in [0.05, 0.1) is 0 Å². The molecule has 0 aliphatic carbocycles. The van der Waals surface area contributed by atoms with Gasteiger partial charge < -0.3 is 15.0 Å². The number of nitrogens with zero attached hydrogens (tertiary/aromatic N) is 2. The van der Waals surface area contributed by atoms with Crippen molar-refractivity contribution in [1.82, 2.24) is 19.8 Å². The summed E-state index contributed by atoms with van der Waals surface area (Å²) in [5.74, 6) is 0.382. The van der Waals surface area contributed by atoms with Gasteiger partial charge in [-0.15, -0.1) is 0 Å². The number of amides is 2. The van der Waals surface area contributed by atoms with E-state index in [4.69, 9.17) is 4.74 Å². The van der Waals surface area contributed by atoms with Gasteiger partial charge in [0.2, 0.25) is 5.91 Å². The SMILES string of the molecule is O=C1COc2ccccc2C/C=C/C[C@H]2CN(C(=O)Cn3ccc(=O)[nH]c3=O)CC[C@H]2N1. The van der Waals surface area contributed by atoms with E-state index in [0.29, 0.717) is 31.7 Å². The zero-order valence-corrected chi connectivity index (χ0v) is 17.7. The highest BCUT2D eigenvalue weighted by atomic mass is 16.5. The zero-order valence-electron chi connectivity index (χ0n) is 17.7. The van der Waals surface area contributed by atoms with Crippen LogP contribution in [0.4, 0.5) is 0 Å². The Kier molecular flexibility index (Phi) is 6.53. The summed E-state index contributed by atoms with van der Waals surface area (Å²) in [5.41, 5.74) is -0.0930. The van der Waals surface area contributed by atoms with Crippen LogP contribution in [0.3, 0.4) is 0 Å². The van der Waals surface area contributed by atoms with Crippen LogP contribution in [0, 0.1) is 5.92 Å². The predicted octanol–water partition coefficient (Wildman–Crippen LogP) is 0.451. The van der Waals surface area contributed by atoms with Gasteiger partial charge in [0.15, 0.2) is 6.61 Å². The Morgan fingerprint density at radius 3 is 2.81 bits per heavy atom. The van der Waals surface area contributed by atoms with Crippen molar-refractivity contribution in [2.24, 2.45) is 5.92 Å². The molecule has 1 saturated heterocycles. The number of aromatic nitrogens is 2. The summed E-state index contributed by atoms with van der Waals surface area (Å²) in [7, 11) is 0. The van der Waals surface area contributed by atoms with Crippen LogP contribution in [0.1, 0.15) is 18.4 Å².